The van der Waals surface area contributed by atoms with Gasteiger partial charge in [-0.25, -0.2) is 13.2 Å². The number of carbonyl (C=O) groups excluding carboxylic acids is 1. The Labute approximate surface area is 312 Å². The molecule has 4 aromatic rings. The van der Waals surface area contributed by atoms with Gasteiger partial charge in [-0.3, -0.25) is 5.04 Å². The van der Waals surface area contributed by atoms with Crippen LogP contribution < -0.4 is 84.5 Å². The third-order valence-electron chi connectivity index (χ3n) is 5.51. The topological polar surface area (TPSA) is 208 Å². The molecule has 19 heteroatoms. The van der Waals surface area contributed by atoms with Gasteiger partial charge in [-0.2, -0.15) is 24.8 Å². The molecule has 0 unspecified atom stereocenters. The van der Waals surface area contributed by atoms with Gasteiger partial charge in [0.15, 0.2) is 0 Å². The number of hydrogen-bond acceptors (Lipinski definition) is 14. The number of nitrogens with zero attached hydrogens (tertiary/aromatic N) is 4. The van der Waals surface area contributed by atoms with Crippen LogP contribution in [0.15, 0.2) is 115 Å². The Morgan fingerprint density at radius 3 is 1.67 bits per heavy atom. The van der Waals surface area contributed by atoms with Crippen molar-refractivity contribution < 1.29 is 101 Å². The molecule has 0 aromatic heterocycles. The number of ether oxygens (including phenoxy) is 2. The van der Waals surface area contributed by atoms with Gasteiger partial charge in [-0.15, -0.1) is 0 Å². The van der Waals surface area contributed by atoms with Crippen LogP contribution in [-0.4, -0.2) is 33.2 Å². The summed E-state index contributed by atoms with van der Waals surface area (Å²) in [7, 11) is -1.79. The van der Waals surface area contributed by atoms with E-state index < -0.39 is 21.0 Å². The third kappa shape index (κ3) is 11.7. The van der Waals surface area contributed by atoms with Gasteiger partial charge in [-0.1, -0.05) is 12.1 Å². The molecule has 15 nitrogen and oxygen atoms in total. The van der Waals surface area contributed by atoms with Crippen LogP contribution in [0.2, 0.25) is 0 Å². The van der Waals surface area contributed by atoms with Crippen molar-refractivity contribution in [1.82, 2.24) is 0 Å². The molecule has 2 amide bonds. The predicted molar refractivity (Wildman–Crippen MR) is 156 cm³/mol. The molecule has 0 aliphatic rings. The normalized spacial score (nSPS) is 11.0. The maximum atomic E-state index is 12.8. The second kappa shape index (κ2) is 19.0. The summed E-state index contributed by atoms with van der Waals surface area (Å²) >= 11 is 0.731. The minimum absolute atomic E-state index is 0. The Balaban J connectivity index is 0.00000368. The van der Waals surface area contributed by atoms with E-state index in [1.165, 1.54) is 38.5 Å². The van der Waals surface area contributed by atoms with Crippen molar-refractivity contribution in [3.8, 4) is 11.5 Å². The van der Waals surface area contributed by atoms with Crippen LogP contribution >= 0.6 is 12.0 Å². The molecule has 0 aliphatic heterocycles. The predicted octanol–water partition coefficient (Wildman–Crippen LogP) is 0.321. The fourth-order valence-electron chi connectivity index (χ4n) is 3.55. The molecule has 0 heterocycles. The molecule has 0 atom stereocenters. The van der Waals surface area contributed by atoms with Gasteiger partial charge in [0, 0.05) is 17.0 Å². The van der Waals surface area contributed by atoms with Crippen LogP contribution in [0.4, 0.5) is 38.9 Å². The monoisotopic (exact) mass is 684 g/mol. The number of amides is 2. The van der Waals surface area contributed by atoms with E-state index in [-0.39, 0.29) is 70.6 Å². The number of methoxy groups -OCH3 is 2. The molecule has 0 fully saturated rings. The van der Waals surface area contributed by atoms with E-state index >= 15 is 0 Å². The Kier molecular flexibility index (Phi) is 16.3. The van der Waals surface area contributed by atoms with Crippen molar-refractivity contribution in [3.05, 3.63) is 84.9 Å². The molecule has 228 valence electrons. The molecular weight excluding hydrogens is 662 g/mol. The number of rotatable bonds is 12. The zero-order valence-electron chi connectivity index (χ0n) is 24.9. The number of azo groups is 2. The minimum Gasteiger partial charge on any atom is -0.744 e. The Morgan fingerprint density at radius 2 is 1.20 bits per heavy atom. The fourth-order valence-corrected chi connectivity index (χ4v) is 4.47. The van der Waals surface area contributed by atoms with E-state index in [9.17, 15) is 23.0 Å². The Morgan fingerprint density at radius 1 is 0.717 bits per heavy atom. The molecule has 2 N–H and O–H groups in total. The molecule has 0 saturated heterocycles. The number of anilines is 2. The van der Waals surface area contributed by atoms with Crippen LogP contribution in [0.5, 0.6) is 11.5 Å². The summed E-state index contributed by atoms with van der Waals surface area (Å²) in [6, 6.07) is 20.7. The molecule has 4 rings (SSSR count). The van der Waals surface area contributed by atoms with Crippen molar-refractivity contribution in [2.24, 2.45) is 20.5 Å². The quantitative estimate of drug-likeness (QED) is 0.0522. The van der Waals surface area contributed by atoms with Gasteiger partial charge < -0.3 is 29.9 Å². The SMILES string of the molecule is COc1cc(N=Nc2cccc(SOO[O-])c2)ccc1NC(=O)Nc1ccc(N=Nc2cccc(S(=O)(=O)[O-])c2)cc1OC.[Na+].[Na+]. The number of carbonyl (C=O) groups is 1. The van der Waals surface area contributed by atoms with E-state index in [1.54, 1.807) is 54.6 Å². The van der Waals surface area contributed by atoms with Gasteiger partial charge in [0.25, 0.3) is 0 Å². The van der Waals surface area contributed by atoms with Gasteiger partial charge in [0.1, 0.15) is 21.6 Å². The van der Waals surface area contributed by atoms with Gasteiger partial charge in [-0.05, 0) is 60.7 Å². The second-order valence-electron chi connectivity index (χ2n) is 8.42. The van der Waals surface area contributed by atoms with Crippen LogP contribution in [0.1, 0.15) is 0 Å². The fraction of sp³-hybridized carbons (Fsp3) is 0.0741. The zero-order valence-corrected chi connectivity index (χ0v) is 30.5. The first-order valence-corrected chi connectivity index (χ1v) is 14.4. The van der Waals surface area contributed by atoms with E-state index in [1.807, 2.05) is 0 Å². The standard InChI is InChI=1S/C27H24N6O9S2.2Na/c1-39-25-15-19(32-30-17-5-3-7-21(13-17)43-42-41-35)9-11-23(25)28-27(34)29-24-12-10-20(16-26(24)40-2)33-31-18-6-4-8-22(14-18)44(36,37)38;;/h3-16,35H,1-2H3,(H2,28,29,34)(H,36,37,38);;/q;2*+1/p-2. The van der Waals surface area contributed by atoms with E-state index in [2.05, 4.69) is 40.5 Å². The zero-order chi connectivity index (χ0) is 31.5. The van der Waals surface area contributed by atoms with Crippen LogP contribution in [0.25, 0.3) is 0 Å². The summed E-state index contributed by atoms with van der Waals surface area (Å²) in [5.74, 6) is 0.586. The average Bonchev–Trinajstić information content (AvgIpc) is 3.02. The third-order valence-corrected chi connectivity index (χ3v) is 6.91. The molecule has 0 radical (unpaired) electrons. The number of nitrogens with one attached hydrogen (secondary N) is 2. The molecule has 0 aliphatic carbocycles. The van der Waals surface area contributed by atoms with Gasteiger partial charge in [0.2, 0.25) is 0 Å². The summed E-state index contributed by atoms with van der Waals surface area (Å²) in [5.41, 5.74) is 2.11. The van der Waals surface area contributed by atoms with E-state index in [0.29, 0.717) is 39.1 Å². The minimum atomic E-state index is -4.63. The van der Waals surface area contributed by atoms with Crippen LogP contribution in [0, 0.1) is 0 Å². The molecule has 4 aromatic carbocycles. The smallest absolute Gasteiger partial charge is 0.744 e. The Bertz CT molecular complexity index is 1810. The molecule has 0 saturated carbocycles. The second-order valence-corrected chi connectivity index (χ2v) is 10.6. The Hall–Kier alpha value is -2.91. The molecule has 0 bridgehead atoms. The van der Waals surface area contributed by atoms with Crippen molar-refractivity contribution >= 4 is 62.3 Å². The largest absolute Gasteiger partial charge is 1.00 e. The van der Waals surface area contributed by atoms with Crippen LogP contribution in [0.3, 0.4) is 0 Å². The van der Waals surface area contributed by atoms with Crippen molar-refractivity contribution in [3.63, 3.8) is 0 Å². The van der Waals surface area contributed by atoms with E-state index in [4.69, 9.17) is 9.47 Å². The molecule has 46 heavy (non-hydrogen) atoms. The van der Waals surface area contributed by atoms with Crippen molar-refractivity contribution in [1.29, 1.82) is 0 Å². The summed E-state index contributed by atoms with van der Waals surface area (Å²) in [6.45, 7) is 0. The summed E-state index contributed by atoms with van der Waals surface area (Å²) < 4.78 is 48.8. The van der Waals surface area contributed by atoms with Crippen molar-refractivity contribution in [2.75, 3.05) is 24.9 Å². The molecule has 0 spiro atoms. The van der Waals surface area contributed by atoms with Crippen LogP contribution in [-0.2, 0) is 19.5 Å². The molecular formula is C27H22N6Na2O9S2. The summed E-state index contributed by atoms with van der Waals surface area (Å²) in [4.78, 5) is 13.0. The maximum absolute atomic E-state index is 12.8. The first-order chi connectivity index (χ1) is 21.2. The van der Waals surface area contributed by atoms with E-state index in [0.717, 1.165) is 18.1 Å². The van der Waals surface area contributed by atoms with Gasteiger partial charge >= 0.3 is 65.1 Å². The number of urea groups is 1. The average molecular weight is 685 g/mol. The number of hydrogen-bond donors (Lipinski definition) is 2. The van der Waals surface area contributed by atoms with Gasteiger partial charge in [0.05, 0.1) is 65.3 Å². The summed E-state index contributed by atoms with van der Waals surface area (Å²) in [5, 5.41) is 35.1. The maximum Gasteiger partial charge on any atom is 1.00 e. The first-order valence-electron chi connectivity index (χ1n) is 12.3. The summed E-state index contributed by atoms with van der Waals surface area (Å²) in [6.07, 6.45) is 0. The van der Waals surface area contributed by atoms with Crippen molar-refractivity contribution in [2.45, 2.75) is 9.79 Å². The number of benzene rings is 4. The first kappa shape index (κ1) is 39.3.